The predicted molar refractivity (Wildman–Crippen MR) is 115 cm³/mol. The fraction of sp³-hybridized carbons (Fsp3) is 0.500. The normalized spacial score (nSPS) is 12.0. The zero-order valence-corrected chi connectivity index (χ0v) is 18.4. The Morgan fingerprint density at radius 3 is 2.57 bits per heavy atom. The van der Waals surface area contributed by atoms with Crippen molar-refractivity contribution in [2.24, 2.45) is 5.92 Å². The number of H-pyrrole nitrogens is 1. The van der Waals surface area contributed by atoms with Gasteiger partial charge in [0.2, 0.25) is 5.91 Å². The van der Waals surface area contributed by atoms with Crippen LogP contribution in [0.15, 0.2) is 30.3 Å². The van der Waals surface area contributed by atoms with Crippen LogP contribution < -0.4 is 5.32 Å². The minimum Gasteiger partial charge on any atom is -0.347 e. The summed E-state index contributed by atoms with van der Waals surface area (Å²) in [7, 11) is 5.09. The Labute approximate surface area is 177 Å². The molecule has 0 saturated carbocycles. The van der Waals surface area contributed by atoms with Crippen molar-refractivity contribution in [1.82, 2.24) is 25.3 Å². The number of likely N-dealkylation sites (N-methyl/N-ethyl adjacent to an activating group) is 1. The number of hydrogen-bond donors (Lipinski definition) is 2. The van der Waals surface area contributed by atoms with Crippen molar-refractivity contribution in [3.05, 3.63) is 41.8 Å². The molecule has 1 atom stereocenters. The standard InChI is InChI=1S/C22H32FN5O2/c1-15(2)12-20(21(29)27(3)4)24-22(30)28(5)11-7-10-18-14-19(26-25-18)16-8-6-9-17(23)13-16/h6,8-9,13-15,20H,7,10-12H2,1-5H3,(H,24,30)(H,25,26)/t20-/m0/s1. The van der Waals surface area contributed by atoms with Gasteiger partial charge < -0.3 is 15.1 Å². The van der Waals surface area contributed by atoms with Crippen molar-refractivity contribution in [2.45, 2.75) is 39.2 Å². The van der Waals surface area contributed by atoms with Crippen LogP contribution in [0.2, 0.25) is 0 Å². The summed E-state index contributed by atoms with van der Waals surface area (Å²) in [5, 5.41) is 10.1. The van der Waals surface area contributed by atoms with Crippen LogP contribution in [0, 0.1) is 11.7 Å². The smallest absolute Gasteiger partial charge is 0.317 e. The third-order valence-electron chi connectivity index (χ3n) is 4.78. The molecule has 0 aliphatic rings. The molecule has 164 valence electrons. The van der Waals surface area contributed by atoms with Crippen LogP contribution in [0.4, 0.5) is 9.18 Å². The van der Waals surface area contributed by atoms with Gasteiger partial charge in [-0.2, -0.15) is 5.10 Å². The molecule has 1 aromatic carbocycles. The molecule has 0 aliphatic carbocycles. The lowest BCUT2D eigenvalue weighted by Crippen LogP contribution is -2.50. The number of aromatic amines is 1. The van der Waals surface area contributed by atoms with Gasteiger partial charge in [-0.05, 0) is 43.4 Å². The summed E-state index contributed by atoms with van der Waals surface area (Å²) in [6.07, 6.45) is 2.02. The predicted octanol–water partition coefficient (Wildman–Crippen LogP) is 3.29. The highest BCUT2D eigenvalue weighted by Crippen LogP contribution is 2.19. The van der Waals surface area contributed by atoms with Crippen molar-refractivity contribution in [1.29, 1.82) is 0 Å². The van der Waals surface area contributed by atoms with E-state index in [0.717, 1.165) is 17.7 Å². The molecule has 0 aliphatic heterocycles. The molecule has 0 unspecified atom stereocenters. The Morgan fingerprint density at radius 1 is 1.20 bits per heavy atom. The van der Waals surface area contributed by atoms with Crippen LogP contribution in [0.5, 0.6) is 0 Å². The second kappa shape index (κ2) is 10.8. The van der Waals surface area contributed by atoms with Crippen LogP contribution >= 0.6 is 0 Å². The summed E-state index contributed by atoms with van der Waals surface area (Å²) in [5.74, 6) is -0.113. The maximum atomic E-state index is 13.4. The number of benzene rings is 1. The number of urea groups is 1. The molecule has 7 nitrogen and oxygen atoms in total. The summed E-state index contributed by atoms with van der Waals surface area (Å²) in [4.78, 5) is 27.9. The maximum Gasteiger partial charge on any atom is 0.317 e. The summed E-state index contributed by atoms with van der Waals surface area (Å²) < 4.78 is 13.4. The fourth-order valence-corrected chi connectivity index (χ4v) is 3.16. The Bertz CT molecular complexity index is 850. The van der Waals surface area contributed by atoms with E-state index in [1.807, 2.05) is 26.0 Å². The van der Waals surface area contributed by atoms with Crippen LogP contribution in [-0.4, -0.2) is 65.7 Å². The molecule has 2 rings (SSSR count). The van der Waals surface area contributed by atoms with Gasteiger partial charge in [-0.25, -0.2) is 9.18 Å². The number of amides is 3. The van der Waals surface area contributed by atoms with E-state index in [2.05, 4.69) is 15.5 Å². The van der Waals surface area contributed by atoms with Gasteiger partial charge in [-0.1, -0.05) is 26.0 Å². The summed E-state index contributed by atoms with van der Waals surface area (Å²) in [6, 6.07) is 7.40. The molecule has 0 fully saturated rings. The number of rotatable bonds is 9. The van der Waals surface area contributed by atoms with Crippen molar-refractivity contribution < 1.29 is 14.0 Å². The highest BCUT2D eigenvalue weighted by molar-refractivity contribution is 5.86. The second-order valence-corrected chi connectivity index (χ2v) is 8.18. The Morgan fingerprint density at radius 2 is 1.93 bits per heavy atom. The van der Waals surface area contributed by atoms with Gasteiger partial charge in [0.05, 0.1) is 5.69 Å². The van der Waals surface area contributed by atoms with Gasteiger partial charge in [0, 0.05) is 38.9 Å². The maximum absolute atomic E-state index is 13.4. The number of nitrogens with one attached hydrogen (secondary N) is 2. The van der Waals surface area contributed by atoms with E-state index < -0.39 is 6.04 Å². The minimum atomic E-state index is -0.531. The molecular weight excluding hydrogens is 385 g/mol. The van der Waals surface area contributed by atoms with Gasteiger partial charge >= 0.3 is 6.03 Å². The van der Waals surface area contributed by atoms with Crippen LogP contribution in [-0.2, 0) is 11.2 Å². The third kappa shape index (κ3) is 6.86. The minimum absolute atomic E-state index is 0.104. The first-order chi connectivity index (χ1) is 14.2. The number of carbonyl (C=O) groups excluding carboxylic acids is 2. The van der Waals surface area contributed by atoms with Crippen molar-refractivity contribution in [3.63, 3.8) is 0 Å². The average molecular weight is 418 g/mol. The average Bonchev–Trinajstić information content (AvgIpc) is 3.15. The molecule has 1 aromatic heterocycles. The number of halogens is 1. The van der Waals surface area contributed by atoms with E-state index in [0.29, 0.717) is 25.1 Å². The lowest BCUT2D eigenvalue weighted by molar-refractivity contribution is -0.131. The van der Waals surface area contributed by atoms with E-state index in [-0.39, 0.29) is 23.7 Å². The first-order valence-electron chi connectivity index (χ1n) is 10.2. The van der Waals surface area contributed by atoms with Gasteiger partial charge in [0.25, 0.3) is 0 Å². The fourth-order valence-electron chi connectivity index (χ4n) is 3.16. The molecule has 3 amide bonds. The molecule has 0 spiro atoms. The van der Waals surface area contributed by atoms with Gasteiger partial charge in [-0.15, -0.1) is 0 Å². The number of carbonyl (C=O) groups is 2. The van der Waals surface area contributed by atoms with Crippen molar-refractivity contribution in [2.75, 3.05) is 27.7 Å². The number of aryl methyl sites for hydroxylation is 1. The number of nitrogens with zero attached hydrogens (tertiary/aromatic N) is 3. The zero-order valence-electron chi connectivity index (χ0n) is 18.4. The van der Waals surface area contributed by atoms with Gasteiger partial charge in [0.1, 0.15) is 11.9 Å². The summed E-state index contributed by atoms with van der Waals surface area (Å²) >= 11 is 0. The summed E-state index contributed by atoms with van der Waals surface area (Å²) in [6.45, 7) is 4.58. The molecule has 0 bridgehead atoms. The Hall–Kier alpha value is -2.90. The molecule has 2 N–H and O–H groups in total. The third-order valence-corrected chi connectivity index (χ3v) is 4.78. The number of hydrogen-bond acceptors (Lipinski definition) is 3. The van der Waals surface area contributed by atoms with Crippen LogP contribution in [0.3, 0.4) is 0 Å². The molecule has 8 heteroatoms. The molecule has 30 heavy (non-hydrogen) atoms. The Balaban J connectivity index is 1.85. The van der Waals surface area contributed by atoms with Gasteiger partial charge in [-0.3, -0.25) is 9.89 Å². The second-order valence-electron chi connectivity index (χ2n) is 8.18. The molecule has 1 heterocycles. The van der Waals surface area contributed by atoms with Gasteiger partial charge in [0.15, 0.2) is 0 Å². The lowest BCUT2D eigenvalue weighted by Gasteiger charge is -2.26. The first-order valence-corrected chi connectivity index (χ1v) is 10.2. The highest BCUT2D eigenvalue weighted by Gasteiger charge is 2.24. The first kappa shape index (κ1) is 23.4. The lowest BCUT2D eigenvalue weighted by atomic mass is 10.0. The van der Waals surface area contributed by atoms with Crippen molar-refractivity contribution >= 4 is 11.9 Å². The van der Waals surface area contributed by atoms with Crippen LogP contribution in [0.1, 0.15) is 32.4 Å². The summed E-state index contributed by atoms with van der Waals surface area (Å²) in [5.41, 5.74) is 2.33. The largest absolute Gasteiger partial charge is 0.347 e. The topological polar surface area (TPSA) is 81.3 Å². The van der Waals surface area contributed by atoms with E-state index in [4.69, 9.17) is 0 Å². The molecule has 0 saturated heterocycles. The Kier molecular flexibility index (Phi) is 8.38. The molecule has 0 radical (unpaired) electrons. The van der Waals surface area contributed by atoms with Crippen LogP contribution in [0.25, 0.3) is 11.3 Å². The SMILES string of the molecule is CC(C)C[C@H](NC(=O)N(C)CCCc1cc(-c2cccc(F)c2)n[nH]1)C(=O)N(C)C. The van der Waals surface area contributed by atoms with Crippen molar-refractivity contribution in [3.8, 4) is 11.3 Å². The molecular formula is C22H32FN5O2. The van der Waals surface area contributed by atoms with E-state index in [1.54, 1.807) is 32.1 Å². The highest BCUT2D eigenvalue weighted by atomic mass is 19.1. The monoisotopic (exact) mass is 417 g/mol. The van der Waals surface area contributed by atoms with E-state index in [9.17, 15) is 14.0 Å². The van der Waals surface area contributed by atoms with E-state index in [1.165, 1.54) is 17.0 Å². The number of aromatic nitrogens is 2. The zero-order chi connectivity index (χ0) is 22.3. The van der Waals surface area contributed by atoms with E-state index >= 15 is 0 Å². The quantitative estimate of drug-likeness (QED) is 0.657. The molecule has 2 aromatic rings.